The SMILES string of the molecule is CNCc1ccc(Cl)c(S(=O)(=O)NCC2(C3CC3)CC2)c1. The normalized spacial score (nSPS) is 20.5. The van der Waals surface area contributed by atoms with Crippen LogP contribution in [-0.4, -0.2) is 22.0 Å². The van der Waals surface area contributed by atoms with Crippen LogP contribution in [0.2, 0.25) is 5.02 Å². The number of halogens is 1. The van der Waals surface area contributed by atoms with Gasteiger partial charge in [0.25, 0.3) is 0 Å². The minimum Gasteiger partial charge on any atom is -0.316 e. The van der Waals surface area contributed by atoms with Crippen LogP contribution in [0, 0.1) is 11.3 Å². The molecule has 0 atom stereocenters. The van der Waals surface area contributed by atoms with Gasteiger partial charge >= 0.3 is 0 Å². The van der Waals surface area contributed by atoms with Crippen LogP contribution in [0.5, 0.6) is 0 Å². The van der Waals surface area contributed by atoms with Gasteiger partial charge in [-0.15, -0.1) is 0 Å². The van der Waals surface area contributed by atoms with E-state index in [1.54, 1.807) is 12.1 Å². The molecular weight excluding hydrogens is 308 g/mol. The topological polar surface area (TPSA) is 58.2 Å². The van der Waals surface area contributed by atoms with E-state index in [1.807, 2.05) is 13.1 Å². The molecule has 0 unspecified atom stereocenters. The fraction of sp³-hybridized carbons (Fsp3) is 0.600. The Bertz CT molecular complexity index is 637. The van der Waals surface area contributed by atoms with Crippen LogP contribution in [0.15, 0.2) is 23.1 Å². The molecule has 0 heterocycles. The molecule has 2 fully saturated rings. The van der Waals surface area contributed by atoms with Crippen molar-refractivity contribution < 1.29 is 8.42 Å². The van der Waals surface area contributed by atoms with Gasteiger partial charge < -0.3 is 5.32 Å². The van der Waals surface area contributed by atoms with Gasteiger partial charge in [-0.05, 0) is 61.8 Å². The van der Waals surface area contributed by atoms with Crippen molar-refractivity contribution in [3.8, 4) is 0 Å². The smallest absolute Gasteiger partial charge is 0.242 e. The summed E-state index contributed by atoms with van der Waals surface area (Å²) in [6.07, 6.45) is 4.79. The van der Waals surface area contributed by atoms with E-state index in [9.17, 15) is 8.42 Å². The van der Waals surface area contributed by atoms with E-state index in [1.165, 1.54) is 12.8 Å². The van der Waals surface area contributed by atoms with E-state index in [4.69, 9.17) is 11.6 Å². The number of rotatable bonds is 7. The van der Waals surface area contributed by atoms with Crippen LogP contribution in [0.4, 0.5) is 0 Å². The molecule has 0 bridgehead atoms. The highest BCUT2D eigenvalue weighted by Gasteiger charge is 2.53. The molecule has 2 N–H and O–H groups in total. The summed E-state index contributed by atoms with van der Waals surface area (Å²) in [6.45, 7) is 1.16. The van der Waals surface area contributed by atoms with Gasteiger partial charge in [0.15, 0.2) is 0 Å². The quantitative estimate of drug-likeness (QED) is 0.808. The second-order valence-corrected chi connectivity index (χ2v) is 8.40. The van der Waals surface area contributed by atoms with Gasteiger partial charge in [0.1, 0.15) is 4.90 Å². The predicted octanol–water partition coefficient (Wildman–Crippen LogP) is 2.53. The van der Waals surface area contributed by atoms with Gasteiger partial charge in [-0.2, -0.15) is 0 Å². The summed E-state index contributed by atoms with van der Waals surface area (Å²) >= 11 is 6.08. The lowest BCUT2D eigenvalue weighted by molar-refractivity contribution is 0.432. The van der Waals surface area contributed by atoms with Gasteiger partial charge in [0.05, 0.1) is 5.02 Å². The first kappa shape index (κ1) is 15.3. The highest BCUT2D eigenvalue weighted by molar-refractivity contribution is 7.89. The lowest BCUT2D eigenvalue weighted by atomic mass is 10.0. The predicted molar refractivity (Wildman–Crippen MR) is 83.8 cm³/mol. The molecule has 0 aromatic heterocycles. The molecule has 0 saturated heterocycles. The summed E-state index contributed by atoms with van der Waals surface area (Å²) in [4.78, 5) is 0.184. The summed E-state index contributed by atoms with van der Waals surface area (Å²) < 4.78 is 27.8. The van der Waals surface area contributed by atoms with Gasteiger partial charge in [0, 0.05) is 13.1 Å². The van der Waals surface area contributed by atoms with Crippen molar-refractivity contribution >= 4 is 21.6 Å². The zero-order valence-electron chi connectivity index (χ0n) is 12.2. The lowest BCUT2D eigenvalue weighted by Gasteiger charge is -2.16. The summed E-state index contributed by atoms with van der Waals surface area (Å²) in [6, 6.07) is 5.14. The molecule has 0 spiro atoms. The maximum atomic E-state index is 12.5. The van der Waals surface area contributed by atoms with Gasteiger partial charge in [-0.1, -0.05) is 17.7 Å². The Labute approximate surface area is 131 Å². The molecule has 2 aliphatic carbocycles. The molecule has 3 rings (SSSR count). The monoisotopic (exact) mass is 328 g/mol. The highest BCUT2D eigenvalue weighted by Crippen LogP contribution is 2.60. The second kappa shape index (κ2) is 5.54. The van der Waals surface area contributed by atoms with E-state index in [0.717, 1.165) is 24.3 Å². The largest absolute Gasteiger partial charge is 0.316 e. The number of hydrogen-bond acceptors (Lipinski definition) is 3. The Morgan fingerprint density at radius 3 is 2.62 bits per heavy atom. The van der Waals surface area contributed by atoms with Crippen LogP contribution < -0.4 is 10.0 Å². The van der Waals surface area contributed by atoms with Crippen LogP contribution in [0.25, 0.3) is 0 Å². The van der Waals surface area contributed by atoms with Crippen molar-refractivity contribution in [2.75, 3.05) is 13.6 Å². The molecule has 6 heteroatoms. The maximum absolute atomic E-state index is 12.5. The molecular formula is C15H21ClN2O2S. The molecule has 2 aliphatic rings. The number of hydrogen-bond donors (Lipinski definition) is 2. The Hall–Kier alpha value is -0.620. The minimum atomic E-state index is -3.54. The van der Waals surface area contributed by atoms with Crippen LogP contribution in [0.1, 0.15) is 31.2 Å². The summed E-state index contributed by atoms with van der Waals surface area (Å²) in [5.41, 5.74) is 1.15. The molecule has 2 saturated carbocycles. The van der Waals surface area contributed by atoms with Crippen molar-refractivity contribution in [2.45, 2.75) is 37.1 Å². The molecule has 21 heavy (non-hydrogen) atoms. The van der Waals surface area contributed by atoms with Crippen molar-refractivity contribution in [1.82, 2.24) is 10.0 Å². The molecule has 0 amide bonds. The Morgan fingerprint density at radius 2 is 2.05 bits per heavy atom. The zero-order chi connectivity index (χ0) is 15.1. The van der Waals surface area contributed by atoms with E-state index >= 15 is 0 Å². The highest BCUT2D eigenvalue weighted by atomic mass is 35.5. The van der Waals surface area contributed by atoms with Crippen molar-refractivity contribution in [3.63, 3.8) is 0 Å². The number of nitrogens with one attached hydrogen (secondary N) is 2. The van der Waals surface area contributed by atoms with Gasteiger partial charge in [0.2, 0.25) is 10.0 Å². The number of sulfonamides is 1. The van der Waals surface area contributed by atoms with Crippen molar-refractivity contribution in [2.24, 2.45) is 11.3 Å². The first-order valence-corrected chi connectivity index (χ1v) is 9.26. The van der Waals surface area contributed by atoms with Crippen molar-refractivity contribution in [1.29, 1.82) is 0 Å². The average Bonchev–Trinajstić information content (AvgIpc) is 3.31. The first-order chi connectivity index (χ1) is 9.97. The molecule has 0 radical (unpaired) electrons. The molecule has 0 aliphatic heterocycles. The van der Waals surface area contributed by atoms with E-state index in [0.29, 0.717) is 13.1 Å². The maximum Gasteiger partial charge on any atom is 0.242 e. The average molecular weight is 329 g/mol. The minimum absolute atomic E-state index is 0.184. The molecule has 116 valence electrons. The van der Waals surface area contributed by atoms with E-state index in [2.05, 4.69) is 10.0 Å². The lowest BCUT2D eigenvalue weighted by Crippen LogP contribution is -2.31. The summed E-state index contributed by atoms with van der Waals surface area (Å²) in [7, 11) is -1.71. The van der Waals surface area contributed by atoms with Crippen LogP contribution >= 0.6 is 11.6 Å². The summed E-state index contributed by atoms with van der Waals surface area (Å²) in [5.74, 6) is 0.728. The van der Waals surface area contributed by atoms with Gasteiger partial charge in [-0.3, -0.25) is 0 Å². The summed E-state index contributed by atoms with van der Waals surface area (Å²) in [5, 5.41) is 3.29. The van der Waals surface area contributed by atoms with Crippen molar-refractivity contribution in [3.05, 3.63) is 28.8 Å². The zero-order valence-corrected chi connectivity index (χ0v) is 13.7. The van der Waals surface area contributed by atoms with Crippen LogP contribution in [-0.2, 0) is 16.6 Å². The second-order valence-electron chi connectivity index (χ2n) is 6.26. The number of benzene rings is 1. The molecule has 4 nitrogen and oxygen atoms in total. The van der Waals surface area contributed by atoms with Crippen LogP contribution in [0.3, 0.4) is 0 Å². The van der Waals surface area contributed by atoms with E-state index < -0.39 is 10.0 Å². The first-order valence-electron chi connectivity index (χ1n) is 7.40. The fourth-order valence-electron chi connectivity index (χ4n) is 2.97. The van der Waals surface area contributed by atoms with E-state index in [-0.39, 0.29) is 15.3 Å². The van der Waals surface area contributed by atoms with Gasteiger partial charge in [-0.25, -0.2) is 13.1 Å². The Morgan fingerprint density at radius 1 is 1.33 bits per heavy atom. The Balaban J connectivity index is 1.76. The Kier molecular flexibility index (Phi) is 4.03. The third kappa shape index (κ3) is 3.26. The third-order valence-electron chi connectivity index (χ3n) is 4.62. The standard InChI is InChI=1S/C15H21ClN2O2S/c1-17-9-11-2-5-13(16)14(8-11)21(19,20)18-10-15(6-7-15)12-3-4-12/h2,5,8,12,17-18H,3-4,6-7,9-10H2,1H3. The molecule has 1 aromatic carbocycles. The molecule has 1 aromatic rings. The third-order valence-corrected chi connectivity index (χ3v) is 6.50. The fourth-order valence-corrected chi connectivity index (χ4v) is 4.66.